The fourth-order valence-corrected chi connectivity index (χ4v) is 3.77. The number of methoxy groups -OCH3 is 1. The predicted molar refractivity (Wildman–Crippen MR) is 111 cm³/mol. The third kappa shape index (κ3) is 5.79. The van der Waals surface area contributed by atoms with Gasteiger partial charge >= 0.3 is 6.09 Å². The molecule has 7 nitrogen and oxygen atoms in total. The molecule has 0 unspecified atom stereocenters. The number of nitrogens with zero attached hydrogens (tertiary/aromatic N) is 2. The van der Waals surface area contributed by atoms with E-state index in [-0.39, 0.29) is 6.04 Å². The van der Waals surface area contributed by atoms with Crippen molar-refractivity contribution in [3.05, 3.63) is 30.0 Å². The number of amides is 1. The van der Waals surface area contributed by atoms with E-state index in [4.69, 9.17) is 9.47 Å². The van der Waals surface area contributed by atoms with Crippen LogP contribution in [0.25, 0.3) is 11.0 Å². The van der Waals surface area contributed by atoms with Gasteiger partial charge in [-0.2, -0.15) is 0 Å². The van der Waals surface area contributed by atoms with Crippen LogP contribution in [0.15, 0.2) is 24.4 Å². The number of aliphatic hydroxyl groups is 1. The number of ether oxygens (including phenoxy) is 2. The summed E-state index contributed by atoms with van der Waals surface area (Å²) in [6.07, 6.45) is 5.50. The molecule has 0 saturated heterocycles. The SMILES string of the molecule is COc1ccc2nccc(CCC3(O)CCC(NC(=O)OC(C)(C)C)CC3)c2n1. The summed E-state index contributed by atoms with van der Waals surface area (Å²) < 4.78 is 10.6. The van der Waals surface area contributed by atoms with E-state index >= 15 is 0 Å². The Morgan fingerprint density at radius 1 is 1.28 bits per heavy atom. The van der Waals surface area contributed by atoms with Crippen LogP contribution in [0.4, 0.5) is 4.79 Å². The second-order valence-electron chi connectivity index (χ2n) is 8.84. The van der Waals surface area contributed by atoms with Gasteiger partial charge in [0.05, 0.1) is 23.7 Å². The molecule has 2 heterocycles. The summed E-state index contributed by atoms with van der Waals surface area (Å²) in [5.74, 6) is 0.555. The molecule has 0 radical (unpaired) electrons. The Hall–Kier alpha value is -2.41. The van der Waals surface area contributed by atoms with E-state index < -0.39 is 17.3 Å². The van der Waals surface area contributed by atoms with Crippen molar-refractivity contribution in [2.75, 3.05) is 7.11 Å². The van der Waals surface area contributed by atoms with Crippen molar-refractivity contribution in [1.29, 1.82) is 0 Å². The maximum atomic E-state index is 12.0. The van der Waals surface area contributed by atoms with E-state index in [0.717, 1.165) is 29.4 Å². The topological polar surface area (TPSA) is 93.6 Å². The van der Waals surface area contributed by atoms with Gasteiger partial charge in [0.25, 0.3) is 0 Å². The molecule has 0 aliphatic heterocycles. The van der Waals surface area contributed by atoms with Gasteiger partial charge in [0.15, 0.2) is 0 Å². The van der Waals surface area contributed by atoms with Crippen molar-refractivity contribution in [3.63, 3.8) is 0 Å². The summed E-state index contributed by atoms with van der Waals surface area (Å²) in [5, 5.41) is 14.0. The molecule has 0 spiro atoms. The van der Waals surface area contributed by atoms with Gasteiger partial charge < -0.3 is 19.9 Å². The quantitative estimate of drug-likeness (QED) is 0.792. The number of fused-ring (bicyclic) bond motifs is 1. The lowest BCUT2D eigenvalue weighted by Crippen LogP contribution is -2.45. The van der Waals surface area contributed by atoms with Crippen LogP contribution in [-0.2, 0) is 11.2 Å². The average molecular weight is 402 g/mol. The molecular formula is C22H31N3O4. The van der Waals surface area contributed by atoms with Crippen molar-refractivity contribution < 1.29 is 19.4 Å². The van der Waals surface area contributed by atoms with Crippen LogP contribution in [0.1, 0.15) is 58.4 Å². The van der Waals surface area contributed by atoms with Crippen LogP contribution in [-0.4, -0.2) is 45.5 Å². The lowest BCUT2D eigenvalue weighted by molar-refractivity contribution is -0.0128. The number of pyridine rings is 2. The molecule has 7 heteroatoms. The number of carbonyl (C=O) groups is 1. The minimum absolute atomic E-state index is 0.0396. The summed E-state index contributed by atoms with van der Waals surface area (Å²) in [7, 11) is 1.59. The van der Waals surface area contributed by atoms with Crippen LogP contribution < -0.4 is 10.1 Å². The number of hydrogen-bond acceptors (Lipinski definition) is 6. The van der Waals surface area contributed by atoms with Crippen molar-refractivity contribution in [1.82, 2.24) is 15.3 Å². The molecule has 1 aliphatic rings. The molecule has 3 rings (SSSR count). The Labute approximate surface area is 171 Å². The van der Waals surface area contributed by atoms with Crippen molar-refractivity contribution >= 4 is 17.1 Å². The van der Waals surface area contributed by atoms with Crippen LogP contribution in [0.3, 0.4) is 0 Å². The predicted octanol–water partition coefficient (Wildman–Crippen LogP) is 3.77. The molecule has 2 N–H and O–H groups in total. The smallest absolute Gasteiger partial charge is 0.407 e. The summed E-state index contributed by atoms with van der Waals surface area (Å²) in [6.45, 7) is 5.54. The zero-order valence-corrected chi connectivity index (χ0v) is 17.7. The molecule has 1 saturated carbocycles. The third-order valence-corrected chi connectivity index (χ3v) is 5.35. The second kappa shape index (κ2) is 8.53. The highest BCUT2D eigenvalue weighted by atomic mass is 16.6. The van der Waals surface area contributed by atoms with E-state index in [1.807, 2.05) is 32.9 Å². The number of carbonyl (C=O) groups excluding carboxylic acids is 1. The highest BCUT2D eigenvalue weighted by Gasteiger charge is 2.34. The summed E-state index contributed by atoms with van der Waals surface area (Å²) >= 11 is 0. The van der Waals surface area contributed by atoms with E-state index in [1.165, 1.54) is 0 Å². The van der Waals surface area contributed by atoms with Gasteiger partial charge in [0.1, 0.15) is 5.60 Å². The number of nitrogens with one attached hydrogen (secondary N) is 1. The third-order valence-electron chi connectivity index (χ3n) is 5.35. The molecular weight excluding hydrogens is 370 g/mol. The highest BCUT2D eigenvalue weighted by Crippen LogP contribution is 2.33. The van der Waals surface area contributed by atoms with E-state index in [9.17, 15) is 9.90 Å². The van der Waals surface area contributed by atoms with Gasteiger partial charge in [-0.25, -0.2) is 9.78 Å². The fraction of sp³-hybridized carbons (Fsp3) is 0.591. The minimum atomic E-state index is -0.736. The summed E-state index contributed by atoms with van der Waals surface area (Å²) in [5.41, 5.74) is 1.44. The van der Waals surface area contributed by atoms with Gasteiger partial charge in [-0.15, -0.1) is 0 Å². The number of aryl methyl sites for hydroxylation is 1. The Kier molecular flexibility index (Phi) is 6.27. The highest BCUT2D eigenvalue weighted by molar-refractivity contribution is 5.78. The summed E-state index contributed by atoms with van der Waals surface area (Å²) in [4.78, 5) is 20.8. The van der Waals surface area contributed by atoms with Crippen LogP contribution in [0.5, 0.6) is 5.88 Å². The summed E-state index contributed by atoms with van der Waals surface area (Å²) in [6, 6.07) is 5.68. The zero-order chi connectivity index (χ0) is 21.1. The molecule has 158 valence electrons. The van der Waals surface area contributed by atoms with Crippen molar-refractivity contribution in [3.8, 4) is 5.88 Å². The van der Waals surface area contributed by atoms with E-state index in [0.29, 0.717) is 31.6 Å². The fourth-order valence-electron chi connectivity index (χ4n) is 3.77. The first-order valence-electron chi connectivity index (χ1n) is 10.2. The molecule has 1 fully saturated rings. The lowest BCUT2D eigenvalue weighted by atomic mass is 9.79. The largest absolute Gasteiger partial charge is 0.481 e. The first-order valence-corrected chi connectivity index (χ1v) is 10.2. The van der Waals surface area contributed by atoms with Gasteiger partial charge in [0.2, 0.25) is 5.88 Å². The van der Waals surface area contributed by atoms with Gasteiger partial charge in [-0.3, -0.25) is 4.98 Å². The first kappa shape index (κ1) is 21.3. The van der Waals surface area contributed by atoms with Gasteiger partial charge in [0, 0.05) is 18.3 Å². The molecule has 1 amide bonds. The molecule has 0 atom stereocenters. The minimum Gasteiger partial charge on any atom is -0.481 e. The standard InChI is InChI=1S/C22H31N3O4/c1-21(2,3)29-20(26)24-16-8-12-22(27,13-9-16)11-7-15-10-14-23-17-5-6-18(28-4)25-19(15)17/h5-6,10,14,16,27H,7-9,11-13H2,1-4H3,(H,24,26). The Morgan fingerprint density at radius 2 is 2.00 bits per heavy atom. The van der Waals surface area contributed by atoms with Crippen molar-refractivity contribution in [2.24, 2.45) is 0 Å². The number of alkyl carbamates (subject to hydrolysis) is 1. The normalized spacial score (nSPS) is 22.3. The lowest BCUT2D eigenvalue weighted by Gasteiger charge is -2.36. The maximum Gasteiger partial charge on any atom is 0.407 e. The van der Waals surface area contributed by atoms with Crippen LogP contribution in [0, 0.1) is 0 Å². The second-order valence-corrected chi connectivity index (χ2v) is 8.84. The molecule has 29 heavy (non-hydrogen) atoms. The molecule has 0 bridgehead atoms. The number of hydrogen-bond donors (Lipinski definition) is 2. The monoisotopic (exact) mass is 401 g/mol. The number of aromatic nitrogens is 2. The van der Waals surface area contributed by atoms with Crippen LogP contribution in [0.2, 0.25) is 0 Å². The number of rotatable bonds is 5. The van der Waals surface area contributed by atoms with Gasteiger partial charge in [-0.05, 0) is 77.0 Å². The Morgan fingerprint density at radius 3 is 2.66 bits per heavy atom. The first-order chi connectivity index (χ1) is 13.7. The molecule has 2 aromatic heterocycles. The van der Waals surface area contributed by atoms with E-state index in [2.05, 4.69) is 15.3 Å². The molecule has 2 aromatic rings. The Bertz CT molecular complexity index is 855. The van der Waals surface area contributed by atoms with Gasteiger partial charge in [-0.1, -0.05) is 0 Å². The molecule has 1 aliphatic carbocycles. The van der Waals surface area contributed by atoms with Crippen LogP contribution >= 0.6 is 0 Å². The Balaban J connectivity index is 1.57. The average Bonchev–Trinajstić information content (AvgIpc) is 2.66. The zero-order valence-electron chi connectivity index (χ0n) is 17.7. The van der Waals surface area contributed by atoms with E-state index in [1.54, 1.807) is 19.4 Å². The maximum absolute atomic E-state index is 12.0. The van der Waals surface area contributed by atoms with Crippen molar-refractivity contribution in [2.45, 2.75) is 76.5 Å². The molecule has 0 aromatic carbocycles.